The summed E-state index contributed by atoms with van der Waals surface area (Å²) in [5.41, 5.74) is 1.59. The van der Waals surface area contributed by atoms with Gasteiger partial charge < -0.3 is 24.5 Å². The van der Waals surface area contributed by atoms with E-state index in [0.717, 1.165) is 5.52 Å². The molecule has 3 aromatic rings. The van der Waals surface area contributed by atoms with Gasteiger partial charge in [-0.05, 0) is 17.7 Å². The summed E-state index contributed by atoms with van der Waals surface area (Å²) in [6.45, 7) is 0. The molecule has 0 fully saturated rings. The van der Waals surface area contributed by atoms with Crippen molar-refractivity contribution in [3.05, 3.63) is 47.9 Å². The SMILES string of the molecule is COc1cc2[nH]cc(CC(=O)Nc3ccccc3F)c2c(OC)c1OC. The number of rotatable bonds is 6. The molecule has 2 aromatic carbocycles. The van der Waals surface area contributed by atoms with E-state index in [2.05, 4.69) is 10.3 Å². The molecule has 0 spiro atoms. The van der Waals surface area contributed by atoms with Crippen molar-refractivity contribution in [1.29, 1.82) is 0 Å². The maximum atomic E-state index is 13.7. The molecular weight excluding hydrogens is 339 g/mol. The molecule has 6 nitrogen and oxygen atoms in total. The number of amides is 1. The molecule has 1 amide bonds. The molecule has 7 heteroatoms. The molecule has 0 saturated heterocycles. The zero-order chi connectivity index (χ0) is 18.7. The Morgan fingerprint density at radius 1 is 1.12 bits per heavy atom. The molecule has 0 bridgehead atoms. The molecule has 0 saturated carbocycles. The van der Waals surface area contributed by atoms with Crippen LogP contribution in [0.15, 0.2) is 36.5 Å². The first-order valence-electron chi connectivity index (χ1n) is 7.92. The molecule has 0 aliphatic heterocycles. The second-order valence-electron chi connectivity index (χ2n) is 5.59. The number of benzene rings is 2. The summed E-state index contributed by atoms with van der Waals surface area (Å²) in [7, 11) is 4.57. The Balaban J connectivity index is 1.95. The van der Waals surface area contributed by atoms with E-state index in [9.17, 15) is 9.18 Å². The first-order valence-corrected chi connectivity index (χ1v) is 7.92. The van der Waals surface area contributed by atoms with Gasteiger partial charge in [-0.2, -0.15) is 0 Å². The second-order valence-corrected chi connectivity index (χ2v) is 5.59. The molecule has 0 unspecified atom stereocenters. The highest BCUT2D eigenvalue weighted by Crippen LogP contribution is 2.44. The van der Waals surface area contributed by atoms with E-state index in [1.165, 1.54) is 33.5 Å². The van der Waals surface area contributed by atoms with Crippen molar-refractivity contribution in [2.75, 3.05) is 26.6 Å². The minimum absolute atomic E-state index is 0.0418. The van der Waals surface area contributed by atoms with Gasteiger partial charge in [-0.1, -0.05) is 12.1 Å². The number of carbonyl (C=O) groups is 1. The lowest BCUT2D eigenvalue weighted by atomic mass is 10.1. The van der Waals surface area contributed by atoms with E-state index in [0.29, 0.717) is 28.2 Å². The van der Waals surface area contributed by atoms with Gasteiger partial charge in [-0.25, -0.2) is 4.39 Å². The van der Waals surface area contributed by atoms with E-state index in [-0.39, 0.29) is 18.0 Å². The molecule has 136 valence electrons. The van der Waals surface area contributed by atoms with E-state index < -0.39 is 5.82 Å². The fourth-order valence-electron chi connectivity index (χ4n) is 2.90. The third-order valence-electron chi connectivity index (χ3n) is 4.05. The number of ether oxygens (including phenoxy) is 3. The van der Waals surface area contributed by atoms with Crippen LogP contribution in [-0.2, 0) is 11.2 Å². The molecule has 26 heavy (non-hydrogen) atoms. The summed E-state index contributed by atoms with van der Waals surface area (Å²) in [4.78, 5) is 15.5. The summed E-state index contributed by atoms with van der Waals surface area (Å²) in [6, 6.07) is 7.80. The van der Waals surface area contributed by atoms with Crippen molar-refractivity contribution in [2.24, 2.45) is 0 Å². The van der Waals surface area contributed by atoms with Crippen LogP contribution in [0.4, 0.5) is 10.1 Å². The topological polar surface area (TPSA) is 72.6 Å². The lowest BCUT2D eigenvalue weighted by Gasteiger charge is -2.14. The van der Waals surface area contributed by atoms with Crippen LogP contribution in [0.3, 0.4) is 0 Å². The lowest BCUT2D eigenvalue weighted by Crippen LogP contribution is -2.15. The number of halogens is 1. The van der Waals surface area contributed by atoms with E-state index in [1.807, 2.05) is 0 Å². The van der Waals surface area contributed by atoms with Gasteiger partial charge in [0.15, 0.2) is 11.5 Å². The van der Waals surface area contributed by atoms with Gasteiger partial charge in [0.2, 0.25) is 11.7 Å². The van der Waals surface area contributed by atoms with Crippen LogP contribution < -0.4 is 19.5 Å². The van der Waals surface area contributed by atoms with Crippen LogP contribution in [0.5, 0.6) is 17.2 Å². The summed E-state index contributed by atoms with van der Waals surface area (Å²) >= 11 is 0. The van der Waals surface area contributed by atoms with Crippen molar-refractivity contribution >= 4 is 22.5 Å². The van der Waals surface area contributed by atoms with Gasteiger partial charge in [-0.15, -0.1) is 0 Å². The molecule has 1 heterocycles. The van der Waals surface area contributed by atoms with Gasteiger partial charge in [0.1, 0.15) is 5.82 Å². The van der Waals surface area contributed by atoms with Crippen LogP contribution in [-0.4, -0.2) is 32.2 Å². The maximum absolute atomic E-state index is 13.7. The molecule has 0 aliphatic carbocycles. The fraction of sp³-hybridized carbons (Fsp3) is 0.211. The van der Waals surface area contributed by atoms with Crippen molar-refractivity contribution in [1.82, 2.24) is 4.98 Å². The highest BCUT2D eigenvalue weighted by molar-refractivity contribution is 5.99. The van der Waals surface area contributed by atoms with Crippen LogP contribution in [0.1, 0.15) is 5.56 Å². The third-order valence-corrected chi connectivity index (χ3v) is 4.05. The number of aromatic amines is 1. The Hall–Kier alpha value is -3.22. The monoisotopic (exact) mass is 358 g/mol. The van der Waals surface area contributed by atoms with E-state index >= 15 is 0 Å². The number of H-pyrrole nitrogens is 1. The number of para-hydroxylation sites is 1. The summed E-state index contributed by atoms with van der Waals surface area (Å²) in [5, 5.41) is 3.29. The Kier molecular flexibility index (Phi) is 4.97. The highest BCUT2D eigenvalue weighted by Gasteiger charge is 2.21. The second kappa shape index (κ2) is 7.35. The van der Waals surface area contributed by atoms with Crippen LogP contribution in [0.2, 0.25) is 0 Å². The number of nitrogens with one attached hydrogen (secondary N) is 2. The predicted molar refractivity (Wildman–Crippen MR) is 96.7 cm³/mol. The van der Waals surface area contributed by atoms with Crippen molar-refractivity contribution in [2.45, 2.75) is 6.42 Å². The van der Waals surface area contributed by atoms with Gasteiger partial charge >= 0.3 is 0 Å². The zero-order valence-electron chi connectivity index (χ0n) is 14.7. The number of carbonyl (C=O) groups excluding carboxylic acids is 1. The number of hydrogen-bond acceptors (Lipinski definition) is 4. The standard InChI is InChI=1S/C19H19FN2O4/c1-24-15-9-14-17(19(26-3)18(15)25-2)11(10-21-14)8-16(23)22-13-7-5-4-6-12(13)20/h4-7,9-10,21H,8H2,1-3H3,(H,22,23). The largest absolute Gasteiger partial charge is 0.493 e. The third kappa shape index (κ3) is 3.15. The molecular formula is C19H19FN2O4. The van der Waals surface area contributed by atoms with E-state index in [1.54, 1.807) is 24.4 Å². The van der Waals surface area contributed by atoms with Gasteiger partial charge in [0.25, 0.3) is 0 Å². The number of methoxy groups -OCH3 is 3. The number of fused-ring (bicyclic) bond motifs is 1. The number of hydrogen-bond donors (Lipinski definition) is 2. The Morgan fingerprint density at radius 3 is 2.50 bits per heavy atom. The first kappa shape index (κ1) is 17.6. The van der Waals surface area contributed by atoms with Crippen LogP contribution in [0.25, 0.3) is 10.9 Å². The molecule has 0 radical (unpaired) electrons. The molecule has 2 N–H and O–H groups in total. The number of anilines is 1. The molecule has 1 aromatic heterocycles. The van der Waals surface area contributed by atoms with Crippen molar-refractivity contribution in [3.8, 4) is 17.2 Å². The quantitative estimate of drug-likeness (QED) is 0.707. The molecule has 0 aliphatic rings. The highest BCUT2D eigenvalue weighted by atomic mass is 19.1. The molecule has 0 atom stereocenters. The first-order chi connectivity index (χ1) is 12.6. The maximum Gasteiger partial charge on any atom is 0.228 e. The predicted octanol–water partition coefficient (Wildman–Crippen LogP) is 3.51. The van der Waals surface area contributed by atoms with E-state index in [4.69, 9.17) is 14.2 Å². The van der Waals surface area contributed by atoms with Crippen LogP contribution in [0, 0.1) is 5.82 Å². The Morgan fingerprint density at radius 2 is 1.85 bits per heavy atom. The smallest absolute Gasteiger partial charge is 0.228 e. The molecule has 3 rings (SSSR count). The number of aromatic nitrogens is 1. The minimum Gasteiger partial charge on any atom is -0.493 e. The minimum atomic E-state index is -0.483. The van der Waals surface area contributed by atoms with Gasteiger partial charge in [0.05, 0.1) is 39.0 Å². The van der Waals surface area contributed by atoms with Crippen molar-refractivity contribution in [3.63, 3.8) is 0 Å². The average Bonchev–Trinajstić information content (AvgIpc) is 3.04. The van der Waals surface area contributed by atoms with Crippen LogP contribution >= 0.6 is 0 Å². The fourth-order valence-corrected chi connectivity index (χ4v) is 2.90. The summed E-state index contributed by atoms with van der Waals surface area (Å²) in [5.74, 6) is 0.604. The van der Waals surface area contributed by atoms with Gasteiger partial charge in [0, 0.05) is 17.6 Å². The summed E-state index contributed by atoms with van der Waals surface area (Å²) < 4.78 is 29.9. The lowest BCUT2D eigenvalue weighted by molar-refractivity contribution is -0.115. The average molecular weight is 358 g/mol. The Bertz CT molecular complexity index is 952. The summed E-state index contributed by atoms with van der Waals surface area (Å²) in [6.07, 6.45) is 1.76. The van der Waals surface area contributed by atoms with Crippen molar-refractivity contribution < 1.29 is 23.4 Å². The Labute approximate surface area is 149 Å². The van der Waals surface area contributed by atoms with Gasteiger partial charge in [-0.3, -0.25) is 4.79 Å². The normalized spacial score (nSPS) is 10.6. The zero-order valence-corrected chi connectivity index (χ0v) is 14.7.